The largest absolute Gasteiger partial charge is 0.381 e. The summed E-state index contributed by atoms with van der Waals surface area (Å²) in [4.78, 5) is 18.6. The molecule has 2 fully saturated rings. The van der Waals surface area contributed by atoms with Crippen molar-refractivity contribution in [2.24, 2.45) is 5.41 Å². The number of ether oxygens (including phenoxy) is 1. The number of carbonyl (C=O) groups excluding carboxylic acids is 1. The molecule has 3 heterocycles. The Morgan fingerprint density at radius 1 is 1.45 bits per heavy atom. The van der Waals surface area contributed by atoms with Gasteiger partial charge in [0, 0.05) is 43.4 Å². The molecule has 0 radical (unpaired) electrons. The second kappa shape index (κ2) is 5.20. The molecule has 5 nitrogen and oxygen atoms in total. The molecule has 3 rings (SSSR count). The predicted octanol–water partition coefficient (Wildman–Crippen LogP) is 1.99. The van der Waals surface area contributed by atoms with Gasteiger partial charge in [-0.05, 0) is 26.7 Å². The fraction of sp³-hybridized carbons (Fsp3) is 0.733. The first-order chi connectivity index (χ1) is 9.60. The summed E-state index contributed by atoms with van der Waals surface area (Å²) in [6.07, 6.45) is 6.50. The molecule has 0 N–H and O–H groups in total. The van der Waals surface area contributed by atoms with E-state index in [-0.39, 0.29) is 11.3 Å². The molecule has 0 saturated carbocycles. The van der Waals surface area contributed by atoms with Crippen molar-refractivity contribution >= 4 is 5.91 Å². The minimum absolute atomic E-state index is 0.198. The molecule has 0 unspecified atom stereocenters. The standard InChI is InChI=1S/C15H23N3O2/c1-12(2)18-7-6-16-13(18)9-17-10-15(4-3-14(17)19)5-8-20-11-15/h6-7,12H,3-5,8-11H2,1-2H3/t15-/m1/s1. The molecule has 2 saturated heterocycles. The van der Waals surface area contributed by atoms with Gasteiger partial charge in [0.25, 0.3) is 0 Å². The van der Waals surface area contributed by atoms with Crippen LogP contribution in [0.2, 0.25) is 0 Å². The Balaban J connectivity index is 1.75. The van der Waals surface area contributed by atoms with Crippen molar-refractivity contribution in [1.82, 2.24) is 14.5 Å². The van der Waals surface area contributed by atoms with Gasteiger partial charge in [0.2, 0.25) is 5.91 Å². The van der Waals surface area contributed by atoms with E-state index in [2.05, 4.69) is 23.4 Å². The van der Waals surface area contributed by atoms with Crippen molar-refractivity contribution in [3.05, 3.63) is 18.2 Å². The minimum Gasteiger partial charge on any atom is -0.381 e. The topological polar surface area (TPSA) is 47.4 Å². The number of imidazole rings is 1. The summed E-state index contributed by atoms with van der Waals surface area (Å²) in [6, 6.07) is 0.371. The average Bonchev–Trinajstić information content (AvgIpc) is 3.04. The van der Waals surface area contributed by atoms with E-state index in [1.807, 2.05) is 17.3 Å². The summed E-state index contributed by atoms with van der Waals surface area (Å²) in [7, 11) is 0. The van der Waals surface area contributed by atoms with Gasteiger partial charge in [-0.2, -0.15) is 0 Å². The van der Waals surface area contributed by atoms with Crippen LogP contribution < -0.4 is 0 Å². The molecule has 0 bridgehead atoms. The van der Waals surface area contributed by atoms with Gasteiger partial charge in [-0.1, -0.05) is 0 Å². The number of hydrogen-bond acceptors (Lipinski definition) is 3. The van der Waals surface area contributed by atoms with Crippen molar-refractivity contribution < 1.29 is 9.53 Å². The van der Waals surface area contributed by atoms with Gasteiger partial charge >= 0.3 is 0 Å². The van der Waals surface area contributed by atoms with Gasteiger partial charge in [-0.3, -0.25) is 4.79 Å². The van der Waals surface area contributed by atoms with Crippen molar-refractivity contribution in [3.63, 3.8) is 0 Å². The first-order valence-corrected chi connectivity index (χ1v) is 7.47. The fourth-order valence-corrected chi connectivity index (χ4v) is 3.33. The Labute approximate surface area is 119 Å². The van der Waals surface area contributed by atoms with E-state index in [1.54, 1.807) is 0 Å². The van der Waals surface area contributed by atoms with Crippen LogP contribution in [-0.2, 0) is 16.1 Å². The molecule has 20 heavy (non-hydrogen) atoms. The highest BCUT2D eigenvalue weighted by molar-refractivity contribution is 5.77. The van der Waals surface area contributed by atoms with Crippen molar-refractivity contribution in [3.8, 4) is 0 Å². The second-order valence-corrected chi connectivity index (χ2v) is 6.40. The van der Waals surface area contributed by atoms with E-state index in [1.165, 1.54) is 0 Å². The van der Waals surface area contributed by atoms with Gasteiger partial charge in [0.15, 0.2) is 0 Å². The summed E-state index contributed by atoms with van der Waals surface area (Å²) in [5, 5.41) is 0. The number of carbonyl (C=O) groups is 1. The maximum atomic E-state index is 12.2. The Morgan fingerprint density at radius 2 is 2.30 bits per heavy atom. The number of hydrogen-bond donors (Lipinski definition) is 0. The monoisotopic (exact) mass is 277 g/mol. The molecule has 5 heteroatoms. The molecule has 110 valence electrons. The maximum absolute atomic E-state index is 12.2. The molecular formula is C15H23N3O2. The molecule has 1 atom stereocenters. The van der Waals surface area contributed by atoms with Crippen LogP contribution in [0.4, 0.5) is 0 Å². The van der Waals surface area contributed by atoms with Crippen molar-refractivity contribution in [2.45, 2.75) is 45.7 Å². The van der Waals surface area contributed by atoms with E-state index in [4.69, 9.17) is 4.74 Å². The van der Waals surface area contributed by atoms with Gasteiger partial charge in [0.05, 0.1) is 13.2 Å². The molecule has 2 aliphatic rings. The summed E-state index contributed by atoms with van der Waals surface area (Å²) < 4.78 is 7.70. The molecular weight excluding hydrogens is 254 g/mol. The number of amides is 1. The molecule has 1 amide bonds. The van der Waals surface area contributed by atoms with Crippen molar-refractivity contribution in [2.75, 3.05) is 19.8 Å². The quantitative estimate of drug-likeness (QED) is 0.849. The normalized spacial score (nSPS) is 26.9. The molecule has 1 aromatic heterocycles. The van der Waals surface area contributed by atoms with Gasteiger partial charge in [-0.15, -0.1) is 0 Å². The zero-order chi connectivity index (χ0) is 14.2. The van der Waals surface area contributed by atoms with Crippen LogP contribution in [0.5, 0.6) is 0 Å². The first-order valence-electron chi connectivity index (χ1n) is 7.47. The van der Waals surface area contributed by atoms with E-state index < -0.39 is 0 Å². The number of likely N-dealkylation sites (tertiary alicyclic amines) is 1. The van der Waals surface area contributed by atoms with Crippen LogP contribution in [0, 0.1) is 5.41 Å². The highest BCUT2D eigenvalue weighted by atomic mass is 16.5. The first kappa shape index (κ1) is 13.6. The van der Waals surface area contributed by atoms with E-state index in [0.717, 1.165) is 38.4 Å². The second-order valence-electron chi connectivity index (χ2n) is 6.40. The third-order valence-corrected chi connectivity index (χ3v) is 4.57. The predicted molar refractivity (Wildman–Crippen MR) is 75.1 cm³/mol. The van der Waals surface area contributed by atoms with E-state index in [0.29, 0.717) is 19.0 Å². The molecule has 0 aromatic carbocycles. The van der Waals surface area contributed by atoms with Gasteiger partial charge in [0.1, 0.15) is 5.82 Å². The van der Waals surface area contributed by atoms with Crippen molar-refractivity contribution in [1.29, 1.82) is 0 Å². The lowest BCUT2D eigenvalue weighted by atomic mass is 9.79. The maximum Gasteiger partial charge on any atom is 0.223 e. The molecule has 0 aliphatic carbocycles. The van der Waals surface area contributed by atoms with Crippen LogP contribution in [-0.4, -0.2) is 40.1 Å². The van der Waals surface area contributed by atoms with Crippen LogP contribution in [0.25, 0.3) is 0 Å². The van der Waals surface area contributed by atoms with E-state index in [9.17, 15) is 4.79 Å². The van der Waals surface area contributed by atoms with Gasteiger partial charge < -0.3 is 14.2 Å². The molecule has 2 aliphatic heterocycles. The summed E-state index contributed by atoms with van der Waals surface area (Å²) >= 11 is 0. The Bertz CT molecular complexity index is 489. The zero-order valence-electron chi connectivity index (χ0n) is 12.3. The SMILES string of the molecule is CC(C)n1ccnc1CN1C[C@]2(CCOC2)CCC1=O. The number of piperidine rings is 1. The lowest BCUT2D eigenvalue weighted by molar-refractivity contribution is -0.138. The van der Waals surface area contributed by atoms with Gasteiger partial charge in [-0.25, -0.2) is 4.98 Å². The highest BCUT2D eigenvalue weighted by Crippen LogP contribution is 2.38. The third-order valence-electron chi connectivity index (χ3n) is 4.57. The lowest BCUT2D eigenvalue weighted by Gasteiger charge is -2.39. The molecule has 1 spiro atoms. The highest BCUT2D eigenvalue weighted by Gasteiger charge is 2.41. The minimum atomic E-state index is 0.198. The fourth-order valence-electron chi connectivity index (χ4n) is 3.33. The lowest BCUT2D eigenvalue weighted by Crippen LogP contribution is -2.46. The Hall–Kier alpha value is -1.36. The molecule has 1 aromatic rings. The Morgan fingerprint density at radius 3 is 3.00 bits per heavy atom. The average molecular weight is 277 g/mol. The smallest absolute Gasteiger partial charge is 0.223 e. The van der Waals surface area contributed by atoms with Crippen LogP contribution in [0.15, 0.2) is 12.4 Å². The summed E-state index contributed by atoms with van der Waals surface area (Å²) in [5.74, 6) is 1.23. The number of aromatic nitrogens is 2. The third kappa shape index (κ3) is 2.46. The van der Waals surface area contributed by atoms with Crippen LogP contribution >= 0.6 is 0 Å². The summed E-state index contributed by atoms with van der Waals surface area (Å²) in [5.41, 5.74) is 0.198. The van der Waals surface area contributed by atoms with Crippen LogP contribution in [0.1, 0.15) is 45.0 Å². The number of nitrogens with zero attached hydrogens (tertiary/aromatic N) is 3. The summed E-state index contributed by atoms with van der Waals surface area (Å²) in [6.45, 7) is 7.34. The number of rotatable bonds is 3. The van der Waals surface area contributed by atoms with E-state index >= 15 is 0 Å². The Kier molecular flexibility index (Phi) is 3.54. The zero-order valence-corrected chi connectivity index (χ0v) is 12.3. The van der Waals surface area contributed by atoms with Crippen LogP contribution in [0.3, 0.4) is 0 Å².